The van der Waals surface area contributed by atoms with E-state index in [-0.39, 0.29) is 0 Å². The third-order valence-corrected chi connectivity index (χ3v) is 10.3. The molecule has 0 saturated carbocycles. The SMILES string of the molecule is c1ccc(-n2c(-c3cc(-c4cc(-c5cccnc5)cc(-c5cccnc5)c4)cc(-c4cc(-c5cccnc5)cc(-c5cccnc5)c4)c3)nc3ccccc32)cc1. The van der Waals surface area contributed by atoms with Crippen molar-refractivity contribution in [3.05, 3.63) is 207 Å². The second-order valence-electron chi connectivity index (χ2n) is 14.0. The first-order valence-corrected chi connectivity index (χ1v) is 18.8. The standard InChI is InChI=1S/C51H34N6/c1-2-14-48(15-3-1)57-50-17-5-4-16-49(50)56-51(57)47-29-45(43-24-39(35-10-6-18-52-31-35)22-40(25-43)36-11-7-19-53-32-36)28-46(30-47)44-26-41(37-12-8-20-54-33-37)23-42(27-44)38-13-9-21-55-34-38/h1-34H. The highest BCUT2D eigenvalue weighted by Crippen LogP contribution is 2.40. The van der Waals surface area contributed by atoms with E-state index in [1.807, 2.05) is 86.0 Å². The van der Waals surface area contributed by atoms with Crippen molar-refractivity contribution in [1.82, 2.24) is 29.5 Å². The molecule has 0 aliphatic rings. The van der Waals surface area contributed by atoms with E-state index in [4.69, 9.17) is 4.98 Å². The largest absolute Gasteiger partial charge is 0.292 e. The average molecular weight is 731 g/mol. The van der Waals surface area contributed by atoms with Gasteiger partial charge in [0.25, 0.3) is 0 Å². The molecule has 0 N–H and O–H groups in total. The molecule has 5 aromatic carbocycles. The normalized spacial score (nSPS) is 11.2. The summed E-state index contributed by atoms with van der Waals surface area (Å²) in [5, 5.41) is 0. The highest BCUT2D eigenvalue weighted by molar-refractivity contribution is 5.90. The molecule has 0 fully saturated rings. The van der Waals surface area contributed by atoms with E-state index in [0.29, 0.717) is 0 Å². The molecule has 6 heteroatoms. The fraction of sp³-hybridized carbons (Fsp3) is 0. The Bertz CT molecular complexity index is 2720. The van der Waals surface area contributed by atoms with E-state index < -0.39 is 0 Å². The van der Waals surface area contributed by atoms with Crippen molar-refractivity contribution in [2.24, 2.45) is 0 Å². The maximum atomic E-state index is 5.32. The van der Waals surface area contributed by atoms with Crippen molar-refractivity contribution < 1.29 is 0 Å². The van der Waals surface area contributed by atoms with Crippen molar-refractivity contribution in [1.29, 1.82) is 0 Å². The Hall–Kier alpha value is -7.83. The molecule has 0 amide bonds. The minimum atomic E-state index is 0.859. The summed E-state index contributed by atoms with van der Waals surface area (Å²) in [6.07, 6.45) is 14.9. The lowest BCUT2D eigenvalue weighted by Gasteiger charge is -2.16. The van der Waals surface area contributed by atoms with Gasteiger partial charge in [-0.1, -0.05) is 54.6 Å². The van der Waals surface area contributed by atoms with Crippen LogP contribution in [-0.2, 0) is 0 Å². The number of hydrogen-bond acceptors (Lipinski definition) is 5. The van der Waals surface area contributed by atoms with Crippen LogP contribution in [0.5, 0.6) is 0 Å². The number of hydrogen-bond donors (Lipinski definition) is 0. The number of para-hydroxylation sites is 3. The van der Waals surface area contributed by atoms with Crippen LogP contribution in [0.15, 0.2) is 207 Å². The molecule has 0 atom stereocenters. The molecule has 0 unspecified atom stereocenters. The van der Waals surface area contributed by atoms with Crippen LogP contribution in [0.3, 0.4) is 0 Å². The second-order valence-corrected chi connectivity index (χ2v) is 14.0. The summed E-state index contributed by atoms with van der Waals surface area (Å²) in [4.78, 5) is 23.2. The Balaban J connectivity index is 1.26. The molecule has 5 heterocycles. The zero-order chi connectivity index (χ0) is 38.0. The summed E-state index contributed by atoms with van der Waals surface area (Å²) >= 11 is 0. The predicted octanol–water partition coefficient (Wildman–Crippen LogP) is 12.3. The summed E-state index contributed by atoms with van der Waals surface area (Å²) in [6, 6.07) is 55.4. The molecule has 6 nitrogen and oxygen atoms in total. The third-order valence-electron chi connectivity index (χ3n) is 10.3. The molecular weight excluding hydrogens is 697 g/mol. The maximum absolute atomic E-state index is 5.32. The van der Waals surface area contributed by atoms with Gasteiger partial charge in [0.15, 0.2) is 0 Å². The number of aromatic nitrogens is 6. The minimum Gasteiger partial charge on any atom is -0.292 e. The first-order chi connectivity index (χ1) is 28.2. The lowest BCUT2D eigenvalue weighted by molar-refractivity contribution is 1.10. The molecular formula is C51H34N6. The smallest absolute Gasteiger partial charge is 0.145 e. The zero-order valence-electron chi connectivity index (χ0n) is 30.8. The predicted molar refractivity (Wildman–Crippen MR) is 230 cm³/mol. The van der Waals surface area contributed by atoms with E-state index in [2.05, 4.69) is 146 Å². The van der Waals surface area contributed by atoms with Gasteiger partial charge in [0.2, 0.25) is 0 Å². The van der Waals surface area contributed by atoms with E-state index in [0.717, 1.165) is 94.9 Å². The molecule has 0 radical (unpaired) electrons. The number of pyridine rings is 4. The quantitative estimate of drug-likeness (QED) is 0.156. The van der Waals surface area contributed by atoms with E-state index in [1.165, 1.54) is 0 Å². The number of nitrogens with zero attached hydrogens (tertiary/aromatic N) is 6. The van der Waals surface area contributed by atoms with E-state index >= 15 is 0 Å². The van der Waals surface area contributed by atoms with Crippen LogP contribution in [0.2, 0.25) is 0 Å². The summed E-state index contributed by atoms with van der Waals surface area (Å²) in [5.74, 6) is 0.859. The van der Waals surface area contributed by atoms with Crippen LogP contribution in [-0.4, -0.2) is 29.5 Å². The van der Waals surface area contributed by atoms with Gasteiger partial charge in [0.05, 0.1) is 11.0 Å². The number of imidazole rings is 1. The molecule has 0 spiro atoms. The lowest BCUT2D eigenvalue weighted by Crippen LogP contribution is -1.98. The molecule has 10 aromatic rings. The topological polar surface area (TPSA) is 69.4 Å². The Morgan fingerprint density at radius 3 is 1.04 bits per heavy atom. The molecule has 0 saturated heterocycles. The first-order valence-electron chi connectivity index (χ1n) is 18.8. The molecule has 0 bridgehead atoms. The van der Waals surface area contributed by atoms with Crippen molar-refractivity contribution in [3.8, 4) is 83.8 Å². The number of rotatable bonds is 8. The van der Waals surface area contributed by atoms with Crippen LogP contribution >= 0.6 is 0 Å². The van der Waals surface area contributed by atoms with Crippen molar-refractivity contribution in [2.45, 2.75) is 0 Å². The fourth-order valence-electron chi connectivity index (χ4n) is 7.54. The molecule has 268 valence electrons. The Labute approximate surface area is 330 Å². The molecule has 0 aliphatic carbocycles. The Kier molecular flexibility index (Phi) is 8.74. The van der Waals surface area contributed by atoms with Gasteiger partial charge in [-0.25, -0.2) is 4.98 Å². The van der Waals surface area contributed by atoms with Gasteiger partial charge in [-0.05, 0) is 148 Å². The monoisotopic (exact) mass is 730 g/mol. The number of benzene rings is 5. The molecule has 10 rings (SSSR count). The van der Waals surface area contributed by atoms with E-state index in [9.17, 15) is 0 Å². The summed E-state index contributed by atoms with van der Waals surface area (Å²) in [5.41, 5.74) is 16.7. The summed E-state index contributed by atoms with van der Waals surface area (Å²) in [7, 11) is 0. The number of fused-ring (bicyclic) bond motifs is 1. The summed E-state index contributed by atoms with van der Waals surface area (Å²) < 4.78 is 2.26. The molecule has 5 aromatic heterocycles. The van der Waals surface area contributed by atoms with Gasteiger partial charge in [-0.2, -0.15) is 0 Å². The minimum absolute atomic E-state index is 0.859. The van der Waals surface area contributed by atoms with Gasteiger partial charge in [-0.3, -0.25) is 24.5 Å². The fourth-order valence-corrected chi connectivity index (χ4v) is 7.54. The van der Waals surface area contributed by atoms with Gasteiger partial charge in [0.1, 0.15) is 5.82 Å². The highest BCUT2D eigenvalue weighted by Gasteiger charge is 2.18. The first kappa shape index (κ1) is 33.7. The lowest BCUT2D eigenvalue weighted by atomic mass is 9.89. The van der Waals surface area contributed by atoms with E-state index in [1.54, 1.807) is 0 Å². The van der Waals surface area contributed by atoms with Crippen molar-refractivity contribution in [3.63, 3.8) is 0 Å². The van der Waals surface area contributed by atoms with Crippen LogP contribution < -0.4 is 0 Å². The second kappa shape index (κ2) is 14.8. The van der Waals surface area contributed by atoms with Crippen LogP contribution in [0.1, 0.15) is 0 Å². The van der Waals surface area contributed by atoms with Crippen LogP contribution in [0.25, 0.3) is 94.9 Å². The maximum Gasteiger partial charge on any atom is 0.145 e. The average Bonchev–Trinajstić information content (AvgIpc) is 3.70. The Morgan fingerprint density at radius 1 is 0.298 bits per heavy atom. The Morgan fingerprint density at radius 2 is 0.649 bits per heavy atom. The van der Waals surface area contributed by atoms with Gasteiger partial charge in [0, 0.05) is 83.1 Å². The van der Waals surface area contributed by atoms with Gasteiger partial charge < -0.3 is 0 Å². The zero-order valence-corrected chi connectivity index (χ0v) is 30.8. The van der Waals surface area contributed by atoms with Crippen molar-refractivity contribution in [2.75, 3.05) is 0 Å². The van der Waals surface area contributed by atoms with Crippen LogP contribution in [0.4, 0.5) is 0 Å². The van der Waals surface area contributed by atoms with Crippen molar-refractivity contribution >= 4 is 11.0 Å². The summed E-state index contributed by atoms with van der Waals surface area (Å²) in [6.45, 7) is 0. The highest BCUT2D eigenvalue weighted by atomic mass is 15.1. The van der Waals surface area contributed by atoms with Crippen LogP contribution in [0, 0.1) is 0 Å². The van der Waals surface area contributed by atoms with Gasteiger partial charge in [-0.15, -0.1) is 0 Å². The molecule has 0 aliphatic heterocycles. The molecule has 57 heavy (non-hydrogen) atoms. The van der Waals surface area contributed by atoms with Gasteiger partial charge >= 0.3 is 0 Å². The third kappa shape index (κ3) is 6.77.